The van der Waals surface area contributed by atoms with Crippen LogP contribution in [0.25, 0.3) is 0 Å². The number of amides is 2. The maximum Gasteiger partial charge on any atom is 0.248 e. The van der Waals surface area contributed by atoms with Gasteiger partial charge in [-0.15, -0.1) is 0 Å². The first-order valence-corrected chi connectivity index (χ1v) is 8.58. The van der Waals surface area contributed by atoms with Crippen LogP contribution in [0.1, 0.15) is 39.0 Å². The highest BCUT2D eigenvalue weighted by Gasteiger charge is 2.31. The van der Waals surface area contributed by atoms with Crippen LogP contribution in [0.3, 0.4) is 0 Å². The van der Waals surface area contributed by atoms with Gasteiger partial charge in [0.05, 0.1) is 6.54 Å². The van der Waals surface area contributed by atoms with Crippen molar-refractivity contribution >= 4 is 11.8 Å². The van der Waals surface area contributed by atoms with Gasteiger partial charge >= 0.3 is 0 Å². The highest BCUT2D eigenvalue weighted by molar-refractivity contribution is 5.80. The van der Waals surface area contributed by atoms with Gasteiger partial charge in [0.1, 0.15) is 6.61 Å². The zero-order valence-corrected chi connectivity index (χ0v) is 13.7. The minimum absolute atomic E-state index is 0.0591. The van der Waals surface area contributed by atoms with E-state index in [0.29, 0.717) is 19.7 Å². The number of carbonyl (C=O) groups excluding carboxylic acids is 2. The molecule has 0 bridgehead atoms. The molecule has 1 atom stereocenters. The molecule has 2 aliphatic heterocycles. The highest BCUT2D eigenvalue weighted by atomic mass is 16.5. The Balaban J connectivity index is 1.74. The van der Waals surface area contributed by atoms with Gasteiger partial charge in [0.15, 0.2) is 0 Å². The molecular formula is C16H29N3O3. The lowest BCUT2D eigenvalue weighted by atomic mass is 10.0. The van der Waals surface area contributed by atoms with E-state index in [1.165, 1.54) is 0 Å². The summed E-state index contributed by atoms with van der Waals surface area (Å²) in [5.41, 5.74) is 0. The van der Waals surface area contributed by atoms with Crippen molar-refractivity contribution in [1.29, 1.82) is 0 Å². The first kappa shape index (κ1) is 17.2. The molecule has 0 spiro atoms. The van der Waals surface area contributed by atoms with Crippen molar-refractivity contribution in [3.63, 3.8) is 0 Å². The zero-order valence-electron chi connectivity index (χ0n) is 13.7. The molecule has 0 aromatic carbocycles. The molecule has 6 heteroatoms. The third-order valence-electron chi connectivity index (χ3n) is 4.43. The fraction of sp³-hybridized carbons (Fsp3) is 0.875. The standard InChI is InChI=1S/C16H29N3O3/c1-2-3-4-10-22-13-16(21)18-8-5-6-14(12-18)19-9-7-17-11-15(19)20/h14,17H,2-13H2,1H3. The molecule has 1 N–H and O–H groups in total. The second-order valence-electron chi connectivity index (χ2n) is 6.16. The summed E-state index contributed by atoms with van der Waals surface area (Å²) in [6, 6.07) is 0.174. The van der Waals surface area contributed by atoms with E-state index in [1.54, 1.807) is 0 Å². The summed E-state index contributed by atoms with van der Waals surface area (Å²) < 4.78 is 5.47. The Morgan fingerprint density at radius 2 is 2.23 bits per heavy atom. The van der Waals surface area contributed by atoms with Crippen molar-refractivity contribution in [3.05, 3.63) is 0 Å². The van der Waals surface area contributed by atoms with Gasteiger partial charge in [0.2, 0.25) is 11.8 Å². The number of unbranched alkanes of at least 4 members (excludes halogenated alkanes) is 2. The van der Waals surface area contributed by atoms with Crippen LogP contribution in [-0.4, -0.2) is 73.6 Å². The molecule has 2 rings (SSSR count). The van der Waals surface area contributed by atoms with Crippen LogP contribution < -0.4 is 5.32 Å². The Morgan fingerprint density at radius 1 is 1.36 bits per heavy atom. The largest absolute Gasteiger partial charge is 0.372 e. The molecule has 1 unspecified atom stereocenters. The van der Waals surface area contributed by atoms with E-state index < -0.39 is 0 Å². The quantitative estimate of drug-likeness (QED) is 0.700. The van der Waals surface area contributed by atoms with Crippen LogP contribution in [0.4, 0.5) is 0 Å². The van der Waals surface area contributed by atoms with Gasteiger partial charge in [-0.05, 0) is 19.3 Å². The Morgan fingerprint density at radius 3 is 3.00 bits per heavy atom. The van der Waals surface area contributed by atoms with Gasteiger partial charge in [-0.2, -0.15) is 0 Å². The summed E-state index contributed by atoms with van der Waals surface area (Å²) in [4.78, 5) is 28.0. The first-order valence-electron chi connectivity index (χ1n) is 8.58. The number of hydrogen-bond donors (Lipinski definition) is 1. The van der Waals surface area contributed by atoms with E-state index in [0.717, 1.165) is 51.7 Å². The summed E-state index contributed by atoms with van der Waals surface area (Å²) in [6.45, 7) is 6.44. The molecule has 0 saturated carbocycles. The van der Waals surface area contributed by atoms with Crippen molar-refractivity contribution in [2.24, 2.45) is 0 Å². The van der Waals surface area contributed by atoms with Crippen LogP contribution in [0.5, 0.6) is 0 Å². The topological polar surface area (TPSA) is 61.9 Å². The number of hydrogen-bond acceptors (Lipinski definition) is 4. The van der Waals surface area contributed by atoms with Gasteiger partial charge in [-0.1, -0.05) is 19.8 Å². The fourth-order valence-electron chi connectivity index (χ4n) is 3.15. The van der Waals surface area contributed by atoms with Crippen molar-refractivity contribution in [2.45, 2.75) is 45.1 Å². The molecule has 22 heavy (non-hydrogen) atoms. The lowest BCUT2D eigenvalue weighted by Crippen LogP contribution is -2.57. The molecule has 2 fully saturated rings. The average molecular weight is 311 g/mol. The van der Waals surface area contributed by atoms with Crippen LogP contribution in [0.2, 0.25) is 0 Å². The molecular weight excluding hydrogens is 282 g/mol. The SMILES string of the molecule is CCCCCOCC(=O)N1CCCC(N2CCNCC2=O)C1. The van der Waals surface area contributed by atoms with Crippen LogP contribution in [-0.2, 0) is 14.3 Å². The molecule has 126 valence electrons. The van der Waals surface area contributed by atoms with E-state index in [2.05, 4.69) is 12.2 Å². The molecule has 0 aromatic heterocycles. The van der Waals surface area contributed by atoms with Gasteiger partial charge in [-0.3, -0.25) is 9.59 Å². The van der Waals surface area contributed by atoms with Crippen molar-refractivity contribution in [3.8, 4) is 0 Å². The lowest BCUT2D eigenvalue weighted by Gasteiger charge is -2.41. The maximum atomic E-state index is 12.2. The zero-order chi connectivity index (χ0) is 15.8. The minimum atomic E-state index is 0.0591. The van der Waals surface area contributed by atoms with Gasteiger partial charge in [0, 0.05) is 38.8 Å². The van der Waals surface area contributed by atoms with Crippen molar-refractivity contribution in [1.82, 2.24) is 15.1 Å². The highest BCUT2D eigenvalue weighted by Crippen LogP contribution is 2.17. The summed E-state index contributed by atoms with van der Waals surface area (Å²) in [6.07, 6.45) is 5.27. The Labute approximate surface area is 133 Å². The van der Waals surface area contributed by atoms with E-state index in [1.807, 2.05) is 9.80 Å². The summed E-state index contributed by atoms with van der Waals surface area (Å²) in [7, 11) is 0. The summed E-state index contributed by atoms with van der Waals surface area (Å²) >= 11 is 0. The van der Waals surface area contributed by atoms with E-state index in [4.69, 9.17) is 4.74 Å². The monoisotopic (exact) mass is 311 g/mol. The first-order chi connectivity index (χ1) is 10.7. The number of nitrogens with zero attached hydrogens (tertiary/aromatic N) is 2. The summed E-state index contributed by atoms with van der Waals surface area (Å²) in [5.74, 6) is 0.213. The molecule has 2 amide bonds. The number of carbonyl (C=O) groups is 2. The molecule has 0 aromatic rings. The number of likely N-dealkylation sites (tertiary alicyclic amines) is 1. The minimum Gasteiger partial charge on any atom is -0.372 e. The van der Waals surface area contributed by atoms with Gasteiger partial charge in [-0.25, -0.2) is 0 Å². The number of nitrogens with one attached hydrogen (secondary N) is 1. The molecule has 0 radical (unpaired) electrons. The molecule has 0 aliphatic carbocycles. The third kappa shape index (κ3) is 4.95. The van der Waals surface area contributed by atoms with E-state index in [-0.39, 0.29) is 24.5 Å². The second kappa shape index (κ2) is 9.10. The maximum absolute atomic E-state index is 12.2. The Hall–Kier alpha value is -1.14. The van der Waals surface area contributed by atoms with Crippen LogP contribution >= 0.6 is 0 Å². The lowest BCUT2D eigenvalue weighted by molar-refractivity contribution is -0.143. The van der Waals surface area contributed by atoms with Gasteiger partial charge in [0.25, 0.3) is 0 Å². The average Bonchev–Trinajstić information content (AvgIpc) is 2.55. The number of ether oxygens (including phenoxy) is 1. The number of piperazine rings is 1. The number of piperidine rings is 1. The predicted octanol–water partition coefficient (Wildman–Crippen LogP) is 0.616. The smallest absolute Gasteiger partial charge is 0.248 e. The van der Waals surface area contributed by atoms with Gasteiger partial charge < -0.3 is 19.9 Å². The third-order valence-corrected chi connectivity index (χ3v) is 4.43. The second-order valence-corrected chi connectivity index (χ2v) is 6.16. The van der Waals surface area contributed by atoms with Crippen molar-refractivity contribution in [2.75, 3.05) is 45.9 Å². The normalized spacial score (nSPS) is 23.0. The molecule has 2 saturated heterocycles. The molecule has 2 heterocycles. The molecule has 6 nitrogen and oxygen atoms in total. The fourth-order valence-corrected chi connectivity index (χ4v) is 3.15. The predicted molar refractivity (Wildman–Crippen MR) is 84.5 cm³/mol. The summed E-state index contributed by atoms with van der Waals surface area (Å²) in [5, 5.41) is 3.09. The number of rotatable bonds is 7. The van der Waals surface area contributed by atoms with Crippen LogP contribution in [0, 0.1) is 0 Å². The van der Waals surface area contributed by atoms with E-state index in [9.17, 15) is 9.59 Å². The van der Waals surface area contributed by atoms with E-state index >= 15 is 0 Å². The van der Waals surface area contributed by atoms with Crippen LogP contribution in [0.15, 0.2) is 0 Å². The Bertz CT molecular complexity index is 376. The molecule has 2 aliphatic rings. The van der Waals surface area contributed by atoms with Crippen molar-refractivity contribution < 1.29 is 14.3 Å². The Kier molecular flexibility index (Phi) is 7.12.